The van der Waals surface area contributed by atoms with Crippen LogP contribution in [0.5, 0.6) is 0 Å². The number of halogens is 1. The quantitative estimate of drug-likeness (QED) is 0.715. The van der Waals surface area contributed by atoms with Crippen LogP contribution in [0.25, 0.3) is 11.1 Å². The van der Waals surface area contributed by atoms with Crippen molar-refractivity contribution in [1.82, 2.24) is 4.98 Å². The summed E-state index contributed by atoms with van der Waals surface area (Å²) in [6.07, 6.45) is 1.08. The monoisotopic (exact) mass is 376 g/mol. The molecule has 7 heteroatoms. The molecule has 0 bridgehead atoms. The molecule has 0 saturated carbocycles. The van der Waals surface area contributed by atoms with Gasteiger partial charge in [0.15, 0.2) is 5.13 Å². The number of aromatic nitrogens is 1. The van der Waals surface area contributed by atoms with Gasteiger partial charge in [-0.3, -0.25) is 4.72 Å². The first-order valence-corrected chi connectivity index (χ1v) is 10.4. The molecular weight excluding hydrogens is 359 g/mol. The van der Waals surface area contributed by atoms with Gasteiger partial charge in [-0.25, -0.2) is 17.8 Å². The van der Waals surface area contributed by atoms with Crippen LogP contribution in [0.4, 0.5) is 9.52 Å². The number of sulfonamides is 1. The first-order chi connectivity index (χ1) is 11.8. The highest BCUT2D eigenvalue weighted by Gasteiger charge is 2.16. The van der Waals surface area contributed by atoms with Gasteiger partial charge in [0.05, 0.1) is 11.9 Å². The maximum absolute atomic E-state index is 14.5. The maximum Gasteiger partial charge on any atom is 0.231 e. The predicted molar refractivity (Wildman–Crippen MR) is 99.9 cm³/mol. The molecule has 0 aliphatic carbocycles. The van der Waals surface area contributed by atoms with Gasteiger partial charge in [-0.2, -0.15) is 0 Å². The van der Waals surface area contributed by atoms with Crippen LogP contribution in [0.2, 0.25) is 0 Å². The molecule has 4 nitrogen and oxygen atoms in total. The Bertz CT molecular complexity index is 985. The van der Waals surface area contributed by atoms with Gasteiger partial charge in [-0.1, -0.05) is 49.4 Å². The zero-order chi connectivity index (χ0) is 18.0. The second-order valence-electron chi connectivity index (χ2n) is 5.78. The summed E-state index contributed by atoms with van der Waals surface area (Å²) in [6, 6.07) is 14.5. The van der Waals surface area contributed by atoms with Crippen LogP contribution < -0.4 is 4.72 Å². The average molecular weight is 376 g/mol. The fourth-order valence-corrected chi connectivity index (χ4v) is 4.17. The molecule has 0 saturated heterocycles. The summed E-state index contributed by atoms with van der Waals surface area (Å²) in [4.78, 5) is 4.29. The molecule has 1 heterocycles. The van der Waals surface area contributed by atoms with Gasteiger partial charge in [0.2, 0.25) is 10.0 Å². The summed E-state index contributed by atoms with van der Waals surface area (Å²) in [5.74, 6) is -0.439. The average Bonchev–Trinajstić information content (AvgIpc) is 3.01. The minimum atomic E-state index is -3.36. The zero-order valence-electron chi connectivity index (χ0n) is 13.7. The molecule has 2 aromatic carbocycles. The largest absolute Gasteiger partial charge is 0.259 e. The highest BCUT2D eigenvalue weighted by Crippen LogP contribution is 2.31. The molecule has 3 aromatic rings. The molecule has 0 amide bonds. The highest BCUT2D eigenvalue weighted by molar-refractivity contribution is 7.92. The van der Waals surface area contributed by atoms with Crippen molar-refractivity contribution in [2.75, 3.05) is 11.0 Å². The number of hydrogen-bond donors (Lipinski definition) is 1. The Kier molecular flexibility index (Phi) is 4.87. The van der Waals surface area contributed by atoms with E-state index in [1.807, 2.05) is 43.3 Å². The van der Waals surface area contributed by atoms with Crippen molar-refractivity contribution in [3.05, 3.63) is 71.0 Å². The van der Waals surface area contributed by atoms with Crippen molar-refractivity contribution in [3.8, 4) is 11.1 Å². The first kappa shape index (κ1) is 17.6. The molecule has 1 N–H and O–H groups in total. The Balaban J connectivity index is 1.86. The third-order valence-electron chi connectivity index (χ3n) is 3.82. The van der Waals surface area contributed by atoms with E-state index in [1.54, 1.807) is 11.4 Å². The molecule has 0 radical (unpaired) electrons. The van der Waals surface area contributed by atoms with Crippen molar-refractivity contribution in [1.29, 1.82) is 0 Å². The number of nitrogens with zero attached hydrogens (tertiary/aromatic N) is 1. The van der Waals surface area contributed by atoms with Gasteiger partial charge in [0.25, 0.3) is 0 Å². The number of nitrogens with one attached hydrogen (secondary N) is 1. The number of rotatable bonds is 5. The van der Waals surface area contributed by atoms with Crippen molar-refractivity contribution < 1.29 is 12.8 Å². The van der Waals surface area contributed by atoms with E-state index in [0.717, 1.165) is 17.4 Å². The molecular formula is C18H17FN2O2S2. The van der Waals surface area contributed by atoms with Crippen LogP contribution in [0.3, 0.4) is 0 Å². The second kappa shape index (κ2) is 6.93. The second-order valence-corrected chi connectivity index (χ2v) is 8.39. The fourth-order valence-electron chi connectivity index (χ4n) is 2.51. The molecule has 0 aliphatic heterocycles. The van der Waals surface area contributed by atoms with Crippen LogP contribution in [-0.4, -0.2) is 19.7 Å². The molecule has 1 unspecified atom stereocenters. The van der Waals surface area contributed by atoms with Crippen molar-refractivity contribution in [2.45, 2.75) is 12.8 Å². The van der Waals surface area contributed by atoms with E-state index in [-0.39, 0.29) is 11.7 Å². The van der Waals surface area contributed by atoms with Crippen LogP contribution >= 0.6 is 11.3 Å². The topological polar surface area (TPSA) is 59.1 Å². The molecule has 0 fully saturated rings. The third-order valence-corrected chi connectivity index (χ3v) is 5.29. The Labute approximate surface area is 150 Å². The van der Waals surface area contributed by atoms with Gasteiger partial charge < -0.3 is 0 Å². The number of benzene rings is 2. The lowest BCUT2D eigenvalue weighted by Crippen LogP contribution is -2.09. The van der Waals surface area contributed by atoms with E-state index in [4.69, 9.17) is 0 Å². The third kappa shape index (κ3) is 4.24. The van der Waals surface area contributed by atoms with Gasteiger partial charge >= 0.3 is 0 Å². The lowest BCUT2D eigenvalue weighted by molar-refractivity contribution is 0.606. The van der Waals surface area contributed by atoms with E-state index in [2.05, 4.69) is 9.71 Å². The van der Waals surface area contributed by atoms with Crippen LogP contribution in [-0.2, 0) is 10.0 Å². The van der Waals surface area contributed by atoms with E-state index in [0.29, 0.717) is 16.4 Å². The number of anilines is 1. The van der Waals surface area contributed by atoms with E-state index < -0.39 is 10.0 Å². The molecule has 25 heavy (non-hydrogen) atoms. The molecule has 3 rings (SSSR count). The van der Waals surface area contributed by atoms with Crippen molar-refractivity contribution >= 4 is 26.5 Å². The molecule has 130 valence electrons. The summed E-state index contributed by atoms with van der Waals surface area (Å²) in [6.45, 7) is 1.91. The normalized spacial score (nSPS) is 12.8. The van der Waals surface area contributed by atoms with Gasteiger partial charge in [-0.05, 0) is 17.2 Å². The van der Waals surface area contributed by atoms with Gasteiger partial charge in [0.1, 0.15) is 5.82 Å². The molecule has 0 aliphatic rings. The van der Waals surface area contributed by atoms with E-state index in [9.17, 15) is 12.8 Å². The molecule has 1 aromatic heterocycles. The highest BCUT2D eigenvalue weighted by atomic mass is 32.2. The SMILES string of the molecule is CC(c1ccc(-c2ccccc2)c(F)c1)c1csc(NS(C)(=O)=O)n1. The van der Waals surface area contributed by atoms with E-state index >= 15 is 0 Å². The minimum absolute atomic E-state index is 0.148. The summed E-state index contributed by atoms with van der Waals surface area (Å²) >= 11 is 1.21. The summed E-state index contributed by atoms with van der Waals surface area (Å²) in [5.41, 5.74) is 2.86. The summed E-state index contributed by atoms with van der Waals surface area (Å²) in [7, 11) is -3.36. The lowest BCUT2D eigenvalue weighted by Gasteiger charge is -2.11. The van der Waals surface area contributed by atoms with E-state index in [1.165, 1.54) is 17.4 Å². The first-order valence-electron chi connectivity index (χ1n) is 7.61. The number of thiazole rings is 1. The number of hydrogen-bond acceptors (Lipinski definition) is 4. The van der Waals surface area contributed by atoms with Crippen LogP contribution in [0, 0.1) is 5.82 Å². The van der Waals surface area contributed by atoms with Gasteiger partial charge in [-0.15, -0.1) is 11.3 Å². The Morgan fingerprint density at radius 1 is 1.16 bits per heavy atom. The summed E-state index contributed by atoms with van der Waals surface area (Å²) in [5, 5.41) is 2.09. The smallest absolute Gasteiger partial charge is 0.231 e. The lowest BCUT2D eigenvalue weighted by atomic mass is 9.95. The van der Waals surface area contributed by atoms with Crippen LogP contribution in [0.1, 0.15) is 24.1 Å². The maximum atomic E-state index is 14.5. The standard InChI is InChI=1S/C18H17FN2O2S2/c1-12(17-11-24-18(20-17)21-25(2,22)23)14-8-9-15(16(19)10-14)13-6-4-3-5-7-13/h3-12H,1-2H3,(H,20,21). The Hall–Kier alpha value is -2.25. The van der Waals surface area contributed by atoms with Gasteiger partial charge in [0, 0.05) is 16.9 Å². The van der Waals surface area contributed by atoms with Crippen molar-refractivity contribution in [2.24, 2.45) is 0 Å². The predicted octanol–water partition coefficient (Wildman–Crippen LogP) is 4.47. The Morgan fingerprint density at radius 2 is 1.88 bits per heavy atom. The minimum Gasteiger partial charge on any atom is -0.259 e. The fraction of sp³-hybridized carbons (Fsp3) is 0.167. The van der Waals surface area contributed by atoms with Crippen LogP contribution in [0.15, 0.2) is 53.9 Å². The Morgan fingerprint density at radius 3 is 2.52 bits per heavy atom. The van der Waals surface area contributed by atoms with Crippen molar-refractivity contribution in [3.63, 3.8) is 0 Å². The zero-order valence-corrected chi connectivity index (χ0v) is 15.4. The summed E-state index contributed by atoms with van der Waals surface area (Å²) < 4.78 is 39.4. The molecule has 1 atom stereocenters. The molecule has 0 spiro atoms.